The van der Waals surface area contributed by atoms with Gasteiger partial charge in [-0.15, -0.1) is 0 Å². The van der Waals surface area contributed by atoms with Crippen molar-refractivity contribution in [3.8, 4) is 22.8 Å². The summed E-state index contributed by atoms with van der Waals surface area (Å²) in [5, 5.41) is 9.79. The molecule has 1 aromatic carbocycles. The van der Waals surface area contributed by atoms with Crippen LogP contribution in [-0.4, -0.2) is 27.2 Å². The summed E-state index contributed by atoms with van der Waals surface area (Å²) < 4.78 is 5.02. The summed E-state index contributed by atoms with van der Waals surface area (Å²) in [6, 6.07) is 8.91. The molecule has 0 bridgehead atoms. The smallest absolute Gasteiger partial charge is 0.160 e. The van der Waals surface area contributed by atoms with Crippen molar-refractivity contribution in [1.29, 1.82) is 0 Å². The van der Waals surface area contributed by atoms with Crippen molar-refractivity contribution in [3.63, 3.8) is 0 Å². The molecule has 3 aromatic rings. The molecule has 0 spiro atoms. The summed E-state index contributed by atoms with van der Waals surface area (Å²) in [5.74, 6) is 0.527. The van der Waals surface area contributed by atoms with Crippen LogP contribution in [0, 0.1) is 0 Å². The van der Waals surface area contributed by atoms with E-state index < -0.39 is 0 Å². The van der Waals surface area contributed by atoms with Crippen LogP contribution in [0.5, 0.6) is 11.5 Å². The van der Waals surface area contributed by atoms with Crippen LogP contribution in [-0.2, 0) is 0 Å². The van der Waals surface area contributed by atoms with Crippen molar-refractivity contribution in [3.05, 3.63) is 42.9 Å². The van der Waals surface area contributed by atoms with Gasteiger partial charge >= 0.3 is 0 Å². The molecule has 19 heavy (non-hydrogen) atoms. The normalized spacial score (nSPS) is 10.6. The average molecular weight is 253 g/mol. The Bertz CT molecular complexity index is 744. The lowest BCUT2D eigenvalue weighted by atomic mass is 10.1. The number of phenols is 1. The van der Waals surface area contributed by atoms with Crippen molar-refractivity contribution in [2.24, 2.45) is 0 Å². The van der Waals surface area contributed by atoms with E-state index in [-0.39, 0.29) is 5.75 Å². The van der Waals surface area contributed by atoms with E-state index in [2.05, 4.69) is 15.0 Å². The number of phenolic OH excluding ortho intramolecular Hbond substituents is 1. The Morgan fingerprint density at radius 3 is 2.79 bits per heavy atom. The lowest BCUT2D eigenvalue weighted by Crippen LogP contribution is -1.89. The molecule has 0 fully saturated rings. The Labute approximate surface area is 109 Å². The third-order valence-corrected chi connectivity index (χ3v) is 2.84. The quantitative estimate of drug-likeness (QED) is 0.759. The summed E-state index contributed by atoms with van der Waals surface area (Å²) >= 11 is 0. The van der Waals surface area contributed by atoms with E-state index in [1.807, 2.05) is 18.2 Å². The summed E-state index contributed by atoms with van der Waals surface area (Å²) in [6.45, 7) is 0. The van der Waals surface area contributed by atoms with Gasteiger partial charge in [-0.2, -0.15) is 0 Å². The van der Waals surface area contributed by atoms with Crippen molar-refractivity contribution >= 4 is 11.0 Å². The SMILES string of the molecule is COc1ccc(-c2ccc3ncncc3n2)cc1O. The van der Waals surface area contributed by atoms with E-state index in [1.54, 1.807) is 18.3 Å². The predicted octanol–water partition coefficient (Wildman–Crippen LogP) is 2.41. The zero-order valence-electron chi connectivity index (χ0n) is 10.2. The molecule has 5 nitrogen and oxygen atoms in total. The second-order valence-corrected chi connectivity index (χ2v) is 4.01. The van der Waals surface area contributed by atoms with Crippen LogP contribution < -0.4 is 4.74 Å². The van der Waals surface area contributed by atoms with E-state index in [0.717, 1.165) is 22.3 Å². The number of aromatic nitrogens is 3. The minimum atomic E-state index is 0.0891. The highest BCUT2D eigenvalue weighted by Crippen LogP contribution is 2.30. The number of methoxy groups -OCH3 is 1. The maximum Gasteiger partial charge on any atom is 0.160 e. The van der Waals surface area contributed by atoms with Gasteiger partial charge in [0.15, 0.2) is 11.5 Å². The molecule has 2 aromatic heterocycles. The van der Waals surface area contributed by atoms with Crippen LogP contribution in [0.2, 0.25) is 0 Å². The molecule has 0 aliphatic rings. The topological polar surface area (TPSA) is 68.1 Å². The Morgan fingerprint density at radius 1 is 1.11 bits per heavy atom. The van der Waals surface area contributed by atoms with Crippen LogP contribution in [0.15, 0.2) is 42.9 Å². The van der Waals surface area contributed by atoms with Crippen LogP contribution in [0.4, 0.5) is 0 Å². The lowest BCUT2D eigenvalue weighted by molar-refractivity contribution is 0.373. The number of hydrogen-bond donors (Lipinski definition) is 1. The number of nitrogens with zero attached hydrogens (tertiary/aromatic N) is 3. The molecule has 0 aliphatic carbocycles. The van der Waals surface area contributed by atoms with E-state index in [9.17, 15) is 5.11 Å². The fourth-order valence-corrected chi connectivity index (χ4v) is 1.88. The zero-order chi connectivity index (χ0) is 13.2. The highest BCUT2D eigenvalue weighted by atomic mass is 16.5. The first-order valence-corrected chi connectivity index (χ1v) is 5.72. The molecule has 0 aliphatic heterocycles. The summed E-state index contributed by atoms with van der Waals surface area (Å²) in [5.41, 5.74) is 3.07. The third kappa shape index (κ3) is 2.06. The Morgan fingerprint density at radius 2 is 2.00 bits per heavy atom. The first-order chi connectivity index (χ1) is 9.28. The molecule has 0 saturated heterocycles. The van der Waals surface area contributed by atoms with Gasteiger partial charge in [0, 0.05) is 5.56 Å². The van der Waals surface area contributed by atoms with Crippen molar-refractivity contribution in [2.45, 2.75) is 0 Å². The maximum atomic E-state index is 9.79. The Balaban J connectivity index is 2.11. The van der Waals surface area contributed by atoms with Gasteiger partial charge in [0.1, 0.15) is 11.8 Å². The highest BCUT2D eigenvalue weighted by Gasteiger charge is 2.06. The van der Waals surface area contributed by atoms with Gasteiger partial charge in [-0.25, -0.2) is 15.0 Å². The van der Waals surface area contributed by atoms with Gasteiger partial charge in [-0.3, -0.25) is 0 Å². The summed E-state index contributed by atoms with van der Waals surface area (Å²) in [4.78, 5) is 12.5. The Hall–Kier alpha value is -2.69. The number of rotatable bonds is 2. The second-order valence-electron chi connectivity index (χ2n) is 4.01. The van der Waals surface area contributed by atoms with Gasteiger partial charge in [0.05, 0.1) is 24.5 Å². The minimum Gasteiger partial charge on any atom is -0.504 e. The van der Waals surface area contributed by atoms with Gasteiger partial charge in [-0.05, 0) is 30.3 Å². The van der Waals surface area contributed by atoms with Crippen LogP contribution in [0.25, 0.3) is 22.3 Å². The monoisotopic (exact) mass is 253 g/mol. The molecular weight excluding hydrogens is 242 g/mol. The van der Waals surface area contributed by atoms with Crippen molar-refractivity contribution in [2.75, 3.05) is 7.11 Å². The van der Waals surface area contributed by atoms with Crippen molar-refractivity contribution in [1.82, 2.24) is 15.0 Å². The number of fused-ring (bicyclic) bond motifs is 1. The molecule has 1 N–H and O–H groups in total. The van der Waals surface area contributed by atoms with E-state index in [4.69, 9.17) is 4.74 Å². The van der Waals surface area contributed by atoms with Crippen molar-refractivity contribution < 1.29 is 9.84 Å². The number of ether oxygens (including phenoxy) is 1. The maximum absolute atomic E-state index is 9.79. The van der Waals surface area contributed by atoms with E-state index in [1.165, 1.54) is 13.4 Å². The number of pyridine rings is 1. The number of hydrogen-bond acceptors (Lipinski definition) is 5. The average Bonchev–Trinajstić information content (AvgIpc) is 2.46. The van der Waals surface area contributed by atoms with Crippen LogP contribution in [0.3, 0.4) is 0 Å². The molecular formula is C14H11N3O2. The summed E-state index contributed by atoms with van der Waals surface area (Å²) in [6.07, 6.45) is 3.15. The van der Waals surface area contributed by atoms with Gasteiger partial charge in [0.2, 0.25) is 0 Å². The molecule has 0 atom stereocenters. The third-order valence-electron chi connectivity index (χ3n) is 2.84. The standard InChI is InChI=1S/C14H11N3O2/c1-19-14-5-2-9(6-13(14)18)10-3-4-11-12(17-10)7-15-8-16-11/h2-8,18H,1H3. The number of aromatic hydroxyl groups is 1. The molecule has 0 saturated carbocycles. The number of benzene rings is 1. The fourth-order valence-electron chi connectivity index (χ4n) is 1.88. The fraction of sp³-hybridized carbons (Fsp3) is 0.0714. The highest BCUT2D eigenvalue weighted by molar-refractivity contribution is 5.77. The van der Waals surface area contributed by atoms with Gasteiger partial charge in [-0.1, -0.05) is 0 Å². The second kappa shape index (κ2) is 4.53. The molecule has 0 amide bonds. The van der Waals surface area contributed by atoms with Gasteiger partial charge in [0.25, 0.3) is 0 Å². The summed E-state index contributed by atoms with van der Waals surface area (Å²) in [7, 11) is 1.51. The van der Waals surface area contributed by atoms with Crippen LogP contribution >= 0.6 is 0 Å². The zero-order valence-corrected chi connectivity index (χ0v) is 10.2. The Kier molecular flexibility index (Phi) is 2.72. The first-order valence-electron chi connectivity index (χ1n) is 5.72. The van der Waals surface area contributed by atoms with E-state index >= 15 is 0 Å². The molecule has 94 valence electrons. The molecule has 5 heteroatoms. The predicted molar refractivity (Wildman–Crippen MR) is 71.0 cm³/mol. The molecule has 0 radical (unpaired) electrons. The largest absolute Gasteiger partial charge is 0.504 e. The van der Waals surface area contributed by atoms with Gasteiger partial charge < -0.3 is 9.84 Å². The molecule has 3 rings (SSSR count). The first kappa shape index (κ1) is 11.4. The molecule has 2 heterocycles. The van der Waals surface area contributed by atoms with Crippen LogP contribution in [0.1, 0.15) is 0 Å². The van der Waals surface area contributed by atoms with E-state index in [0.29, 0.717) is 5.75 Å². The lowest BCUT2D eigenvalue weighted by Gasteiger charge is -2.06. The minimum absolute atomic E-state index is 0.0891. The molecule has 0 unspecified atom stereocenters.